The zero-order chi connectivity index (χ0) is 9.26. The molecule has 1 fully saturated rings. The fourth-order valence-corrected chi connectivity index (χ4v) is 1.45. The molecule has 0 saturated heterocycles. The van der Waals surface area contributed by atoms with E-state index in [-0.39, 0.29) is 5.69 Å². The first-order valence-corrected chi connectivity index (χ1v) is 4.38. The summed E-state index contributed by atoms with van der Waals surface area (Å²) in [6.45, 7) is 0. The Hall–Kier alpha value is -1.45. The Morgan fingerprint density at radius 1 is 1.46 bits per heavy atom. The third kappa shape index (κ3) is 1.52. The number of rotatable bonds is 2. The summed E-state index contributed by atoms with van der Waals surface area (Å²) >= 11 is 0. The van der Waals surface area contributed by atoms with Crippen molar-refractivity contribution in [3.05, 3.63) is 34.1 Å². The molecule has 2 rings (SSSR count). The summed E-state index contributed by atoms with van der Waals surface area (Å²) in [6.07, 6.45) is 4.94. The van der Waals surface area contributed by atoms with Crippen LogP contribution in [0.5, 0.6) is 0 Å². The molecule has 0 N–H and O–H groups in total. The second kappa shape index (κ2) is 3.12. The van der Waals surface area contributed by atoms with E-state index < -0.39 is 4.92 Å². The first-order valence-electron chi connectivity index (χ1n) is 4.38. The third-order valence-electron chi connectivity index (χ3n) is 2.51. The van der Waals surface area contributed by atoms with Crippen LogP contribution in [0.25, 0.3) is 0 Å². The van der Waals surface area contributed by atoms with Crippen LogP contribution >= 0.6 is 0 Å². The summed E-state index contributed by atoms with van der Waals surface area (Å²) in [5.41, 5.74) is 1.07. The number of aromatic nitrogens is 1. The Balaban J connectivity index is 2.17. The zero-order valence-corrected chi connectivity index (χ0v) is 7.14. The lowest BCUT2D eigenvalue weighted by atomic mass is 9.83. The van der Waals surface area contributed by atoms with Crippen LogP contribution < -0.4 is 0 Å². The number of nitrogens with zero attached hydrogens (tertiary/aromatic N) is 2. The van der Waals surface area contributed by atoms with Crippen LogP contribution in [0.15, 0.2) is 18.3 Å². The average molecular weight is 178 g/mol. The first kappa shape index (κ1) is 8.16. The topological polar surface area (TPSA) is 56.0 Å². The molecule has 0 amide bonds. The van der Waals surface area contributed by atoms with E-state index in [0.717, 1.165) is 5.69 Å². The highest BCUT2D eigenvalue weighted by Crippen LogP contribution is 2.35. The van der Waals surface area contributed by atoms with Gasteiger partial charge in [0.15, 0.2) is 0 Å². The third-order valence-corrected chi connectivity index (χ3v) is 2.51. The lowest BCUT2D eigenvalue weighted by Gasteiger charge is -2.24. The van der Waals surface area contributed by atoms with Crippen LogP contribution in [0.2, 0.25) is 0 Å². The predicted molar refractivity (Wildman–Crippen MR) is 47.5 cm³/mol. The van der Waals surface area contributed by atoms with E-state index in [2.05, 4.69) is 4.98 Å². The van der Waals surface area contributed by atoms with Gasteiger partial charge in [0, 0.05) is 17.7 Å². The Morgan fingerprint density at radius 3 is 2.62 bits per heavy atom. The normalized spacial score (nSPS) is 16.6. The second-order valence-electron chi connectivity index (χ2n) is 3.33. The standard InChI is InChI=1S/C9H10N2O2/c12-11(13)8-4-5-9(10-6-8)7-2-1-3-7/h4-7H,1-3H2. The Kier molecular flexibility index (Phi) is 1.96. The van der Waals surface area contributed by atoms with Gasteiger partial charge < -0.3 is 0 Å². The smallest absolute Gasteiger partial charge is 0.258 e. The molecule has 1 aliphatic carbocycles. The number of hydrogen-bond donors (Lipinski definition) is 0. The minimum absolute atomic E-state index is 0.0723. The van der Waals surface area contributed by atoms with Gasteiger partial charge in [-0.25, -0.2) is 0 Å². The highest BCUT2D eigenvalue weighted by molar-refractivity contribution is 5.28. The van der Waals surface area contributed by atoms with Crippen molar-refractivity contribution in [1.29, 1.82) is 0 Å². The first-order chi connectivity index (χ1) is 6.27. The van der Waals surface area contributed by atoms with Crippen LogP contribution in [0.4, 0.5) is 5.69 Å². The van der Waals surface area contributed by atoms with Crippen molar-refractivity contribution in [3.63, 3.8) is 0 Å². The monoisotopic (exact) mass is 178 g/mol. The van der Waals surface area contributed by atoms with E-state index in [1.807, 2.05) is 0 Å². The molecule has 1 heterocycles. The van der Waals surface area contributed by atoms with Crippen molar-refractivity contribution >= 4 is 5.69 Å². The van der Waals surface area contributed by atoms with Gasteiger partial charge >= 0.3 is 0 Å². The van der Waals surface area contributed by atoms with Crippen molar-refractivity contribution in [2.75, 3.05) is 0 Å². The molecule has 0 radical (unpaired) electrons. The highest BCUT2D eigenvalue weighted by Gasteiger charge is 2.21. The molecule has 1 aromatic rings. The lowest BCUT2D eigenvalue weighted by Crippen LogP contribution is -2.10. The summed E-state index contributed by atoms with van der Waals surface area (Å²) < 4.78 is 0. The van der Waals surface area contributed by atoms with Gasteiger partial charge in [0.25, 0.3) is 5.69 Å². The lowest BCUT2D eigenvalue weighted by molar-refractivity contribution is -0.385. The Morgan fingerprint density at radius 2 is 2.23 bits per heavy atom. The molecule has 13 heavy (non-hydrogen) atoms. The van der Waals surface area contributed by atoms with Gasteiger partial charge in [0.1, 0.15) is 6.20 Å². The number of hydrogen-bond acceptors (Lipinski definition) is 3. The highest BCUT2D eigenvalue weighted by atomic mass is 16.6. The van der Waals surface area contributed by atoms with Crippen LogP contribution in [-0.4, -0.2) is 9.91 Å². The van der Waals surface area contributed by atoms with E-state index in [0.29, 0.717) is 5.92 Å². The van der Waals surface area contributed by atoms with Crippen LogP contribution in [0.1, 0.15) is 30.9 Å². The van der Waals surface area contributed by atoms with Crippen molar-refractivity contribution in [3.8, 4) is 0 Å². The summed E-state index contributed by atoms with van der Waals surface area (Å²) in [4.78, 5) is 14.0. The molecule has 0 aromatic carbocycles. The average Bonchev–Trinajstić information content (AvgIpc) is 2.02. The van der Waals surface area contributed by atoms with Crippen LogP contribution in [0.3, 0.4) is 0 Å². The summed E-state index contributed by atoms with van der Waals surface area (Å²) in [7, 11) is 0. The van der Waals surface area contributed by atoms with Gasteiger partial charge in [-0.2, -0.15) is 0 Å². The fraction of sp³-hybridized carbons (Fsp3) is 0.444. The van der Waals surface area contributed by atoms with Crippen molar-refractivity contribution < 1.29 is 4.92 Å². The number of nitro groups is 1. The maximum atomic E-state index is 10.3. The van der Waals surface area contributed by atoms with Gasteiger partial charge in [0.2, 0.25) is 0 Å². The van der Waals surface area contributed by atoms with Gasteiger partial charge in [-0.15, -0.1) is 0 Å². The maximum absolute atomic E-state index is 10.3. The van der Waals surface area contributed by atoms with E-state index in [9.17, 15) is 10.1 Å². The SMILES string of the molecule is O=[N+]([O-])c1ccc(C2CCC2)nc1. The van der Waals surface area contributed by atoms with E-state index in [1.54, 1.807) is 6.07 Å². The minimum atomic E-state index is -0.419. The zero-order valence-electron chi connectivity index (χ0n) is 7.14. The van der Waals surface area contributed by atoms with Gasteiger partial charge in [-0.05, 0) is 18.9 Å². The minimum Gasteiger partial charge on any atom is -0.258 e. The molecule has 4 heteroatoms. The van der Waals surface area contributed by atoms with Crippen molar-refractivity contribution in [2.45, 2.75) is 25.2 Å². The largest absolute Gasteiger partial charge is 0.287 e. The molecule has 0 unspecified atom stereocenters. The second-order valence-corrected chi connectivity index (χ2v) is 3.33. The molecular weight excluding hydrogens is 168 g/mol. The van der Waals surface area contributed by atoms with Crippen molar-refractivity contribution in [2.24, 2.45) is 0 Å². The van der Waals surface area contributed by atoms with Gasteiger partial charge in [-0.1, -0.05) is 6.42 Å². The van der Waals surface area contributed by atoms with Gasteiger partial charge in [-0.3, -0.25) is 15.1 Å². The predicted octanol–water partition coefficient (Wildman–Crippen LogP) is 2.26. The molecule has 0 atom stereocenters. The van der Waals surface area contributed by atoms with E-state index in [4.69, 9.17) is 0 Å². The maximum Gasteiger partial charge on any atom is 0.287 e. The van der Waals surface area contributed by atoms with E-state index >= 15 is 0 Å². The summed E-state index contributed by atoms with van der Waals surface area (Å²) in [5.74, 6) is 0.542. The molecular formula is C9H10N2O2. The Bertz CT molecular complexity index is 317. The molecule has 4 nitrogen and oxygen atoms in total. The van der Waals surface area contributed by atoms with Crippen LogP contribution in [0, 0.1) is 10.1 Å². The molecule has 68 valence electrons. The molecule has 1 saturated carbocycles. The summed E-state index contributed by atoms with van der Waals surface area (Å²) in [5, 5.41) is 10.3. The molecule has 0 aliphatic heterocycles. The van der Waals surface area contributed by atoms with Gasteiger partial charge in [0.05, 0.1) is 4.92 Å². The summed E-state index contributed by atoms with van der Waals surface area (Å²) in [6, 6.07) is 3.29. The Labute approximate surface area is 75.8 Å². The van der Waals surface area contributed by atoms with Crippen LogP contribution in [-0.2, 0) is 0 Å². The molecule has 0 spiro atoms. The van der Waals surface area contributed by atoms with E-state index in [1.165, 1.54) is 31.5 Å². The number of pyridine rings is 1. The fourth-order valence-electron chi connectivity index (χ4n) is 1.45. The molecule has 1 aromatic heterocycles. The quantitative estimate of drug-likeness (QED) is 0.515. The molecule has 1 aliphatic rings. The van der Waals surface area contributed by atoms with Crippen molar-refractivity contribution in [1.82, 2.24) is 4.98 Å². The molecule has 0 bridgehead atoms.